The van der Waals surface area contributed by atoms with Crippen LogP contribution in [0.3, 0.4) is 0 Å². The number of carbonyl (C=O) groups is 2. The molecule has 0 atom stereocenters. The van der Waals surface area contributed by atoms with Gasteiger partial charge < -0.3 is 15.3 Å². The highest BCUT2D eigenvalue weighted by Gasteiger charge is 2.26. The van der Waals surface area contributed by atoms with Crippen molar-refractivity contribution in [1.82, 2.24) is 20.0 Å². The van der Waals surface area contributed by atoms with Crippen molar-refractivity contribution < 1.29 is 14.7 Å². The average molecular weight is 435 g/mol. The number of hydrogen-bond acceptors (Lipinski definition) is 4. The van der Waals surface area contributed by atoms with Gasteiger partial charge in [0.15, 0.2) is 0 Å². The maximum absolute atomic E-state index is 12.8. The Balaban J connectivity index is 1.53. The third-order valence-corrected chi connectivity index (χ3v) is 5.46. The molecule has 144 valence electrons. The number of nitrogens with one attached hydrogen (secondary N) is 1. The van der Waals surface area contributed by atoms with Crippen LogP contribution in [0.25, 0.3) is 0 Å². The first-order valence-corrected chi connectivity index (χ1v) is 9.69. The predicted octanol–water partition coefficient (Wildman–Crippen LogP) is 2.48. The Hall–Kier alpha value is -2.35. The molecule has 1 saturated heterocycles. The first-order chi connectivity index (χ1) is 12.8. The summed E-state index contributed by atoms with van der Waals surface area (Å²) in [6, 6.07) is 3.49. The number of aryl methyl sites for hydroxylation is 2. The summed E-state index contributed by atoms with van der Waals surface area (Å²) in [5.41, 5.74) is 1.78. The Bertz CT molecular complexity index is 857. The minimum absolute atomic E-state index is 0.0172. The molecule has 0 radical (unpaired) electrons. The van der Waals surface area contributed by atoms with Crippen molar-refractivity contribution in [3.05, 3.63) is 45.7 Å². The Morgan fingerprint density at radius 1 is 1.33 bits per heavy atom. The zero-order valence-corrected chi connectivity index (χ0v) is 17.0. The number of amides is 2. The number of halogens is 1. The number of aromatic hydroxyl groups is 1. The highest BCUT2D eigenvalue weighted by molar-refractivity contribution is 9.10. The first kappa shape index (κ1) is 19.4. The highest BCUT2D eigenvalue weighted by Crippen LogP contribution is 2.31. The second-order valence-electron chi connectivity index (χ2n) is 6.99. The number of carbonyl (C=O) groups excluding carboxylic acids is 2. The van der Waals surface area contributed by atoms with Crippen LogP contribution in [0.2, 0.25) is 0 Å². The predicted molar refractivity (Wildman–Crippen MR) is 105 cm³/mol. The highest BCUT2D eigenvalue weighted by atomic mass is 79.9. The second-order valence-corrected chi connectivity index (χ2v) is 7.85. The molecule has 1 aliphatic heterocycles. The van der Waals surface area contributed by atoms with Gasteiger partial charge in [0, 0.05) is 32.9 Å². The van der Waals surface area contributed by atoms with Crippen LogP contribution in [0.5, 0.6) is 5.75 Å². The van der Waals surface area contributed by atoms with E-state index in [0.717, 1.165) is 18.4 Å². The van der Waals surface area contributed by atoms with Gasteiger partial charge in [0.1, 0.15) is 5.75 Å². The molecule has 0 unspecified atom stereocenters. The molecule has 2 amide bonds. The van der Waals surface area contributed by atoms with Crippen LogP contribution in [-0.2, 0) is 7.05 Å². The normalized spacial score (nSPS) is 15.0. The molecule has 3 rings (SSSR count). The van der Waals surface area contributed by atoms with E-state index in [9.17, 15) is 14.7 Å². The molecular formula is C19H23BrN4O3. The summed E-state index contributed by atoms with van der Waals surface area (Å²) >= 11 is 3.29. The maximum Gasteiger partial charge on any atom is 0.257 e. The van der Waals surface area contributed by atoms with Gasteiger partial charge in [-0.2, -0.15) is 5.10 Å². The molecule has 1 aliphatic rings. The number of likely N-dealkylation sites (tertiary alicyclic amines) is 1. The lowest BCUT2D eigenvalue weighted by Gasteiger charge is -2.32. The SMILES string of the molecule is Cc1cc(Br)c(O)c(C(=O)N2CCC(CNC(=O)c3cnn(C)c3)CC2)c1. The molecule has 0 bridgehead atoms. The molecule has 0 spiro atoms. The van der Waals surface area contributed by atoms with Gasteiger partial charge in [0.05, 0.1) is 21.8 Å². The summed E-state index contributed by atoms with van der Waals surface area (Å²) < 4.78 is 2.12. The van der Waals surface area contributed by atoms with Crippen molar-refractivity contribution in [2.24, 2.45) is 13.0 Å². The second kappa shape index (κ2) is 8.12. The fourth-order valence-corrected chi connectivity index (χ4v) is 3.86. The number of phenols is 1. The Kier molecular flexibility index (Phi) is 5.84. The van der Waals surface area contributed by atoms with Crippen LogP contribution in [0.15, 0.2) is 29.0 Å². The zero-order valence-electron chi connectivity index (χ0n) is 15.4. The molecule has 8 heteroatoms. The van der Waals surface area contributed by atoms with E-state index in [1.165, 1.54) is 0 Å². The van der Waals surface area contributed by atoms with Crippen molar-refractivity contribution in [1.29, 1.82) is 0 Å². The van der Waals surface area contributed by atoms with E-state index in [4.69, 9.17) is 0 Å². The molecule has 27 heavy (non-hydrogen) atoms. The van der Waals surface area contributed by atoms with Crippen LogP contribution in [-0.4, -0.2) is 51.2 Å². The topological polar surface area (TPSA) is 87.5 Å². The van der Waals surface area contributed by atoms with Crippen LogP contribution in [0, 0.1) is 12.8 Å². The summed E-state index contributed by atoms with van der Waals surface area (Å²) in [7, 11) is 1.77. The Morgan fingerprint density at radius 3 is 2.67 bits per heavy atom. The summed E-state index contributed by atoms with van der Waals surface area (Å²) in [6.45, 7) is 3.68. The van der Waals surface area contributed by atoms with Crippen molar-refractivity contribution >= 4 is 27.7 Å². The minimum atomic E-state index is -0.158. The van der Waals surface area contributed by atoms with E-state index in [0.29, 0.717) is 41.2 Å². The molecule has 2 N–H and O–H groups in total. The van der Waals surface area contributed by atoms with Crippen molar-refractivity contribution in [2.75, 3.05) is 19.6 Å². The lowest BCUT2D eigenvalue weighted by Crippen LogP contribution is -2.41. The summed E-state index contributed by atoms with van der Waals surface area (Å²) in [5, 5.41) is 17.1. The van der Waals surface area contributed by atoms with Gasteiger partial charge >= 0.3 is 0 Å². The van der Waals surface area contributed by atoms with E-state index in [1.54, 1.807) is 41.2 Å². The van der Waals surface area contributed by atoms with Gasteiger partial charge in [0.2, 0.25) is 0 Å². The van der Waals surface area contributed by atoms with Crippen molar-refractivity contribution in [3.8, 4) is 5.75 Å². The molecule has 1 aromatic heterocycles. The summed E-state index contributed by atoms with van der Waals surface area (Å²) in [4.78, 5) is 26.6. The first-order valence-electron chi connectivity index (χ1n) is 8.90. The number of rotatable bonds is 4. The van der Waals surface area contributed by atoms with Crippen LogP contribution < -0.4 is 5.32 Å². The fraction of sp³-hybridized carbons (Fsp3) is 0.421. The monoisotopic (exact) mass is 434 g/mol. The van der Waals surface area contributed by atoms with Gasteiger partial charge in [-0.3, -0.25) is 14.3 Å². The van der Waals surface area contributed by atoms with Gasteiger partial charge in [-0.15, -0.1) is 0 Å². The lowest BCUT2D eigenvalue weighted by molar-refractivity contribution is 0.0681. The number of nitrogens with zero attached hydrogens (tertiary/aromatic N) is 3. The van der Waals surface area contributed by atoms with Gasteiger partial charge in [-0.1, -0.05) is 0 Å². The van der Waals surface area contributed by atoms with Crippen molar-refractivity contribution in [2.45, 2.75) is 19.8 Å². The van der Waals surface area contributed by atoms with Crippen LogP contribution in [0.1, 0.15) is 39.1 Å². The fourth-order valence-electron chi connectivity index (χ4n) is 3.29. The molecule has 0 saturated carbocycles. The van der Waals surface area contributed by atoms with E-state index in [1.807, 2.05) is 6.92 Å². The summed E-state index contributed by atoms with van der Waals surface area (Å²) in [6.07, 6.45) is 4.85. The zero-order chi connectivity index (χ0) is 19.6. The number of aromatic nitrogens is 2. The molecule has 2 aromatic rings. The van der Waals surface area contributed by atoms with Gasteiger partial charge in [-0.25, -0.2) is 0 Å². The third-order valence-electron chi connectivity index (χ3n) is 4.86. The Morgan fingerprint density at radius 2 is 2.04 bits per heavy atom. The summed E-state index contributed by atoms with van der Waals surface area (Å²) in [5.74, 6) is 0.0230. The molecule has 0 aliphatic carbocycles. The maximum atomic E-state index is 12.8. The van der Waals surface area contributed by atoms with E-state index in [2.05, 4.69) is 26.3 Å². The number of hydrogen-bond donors (Lipinski definition) is 2. The van der Waals surface area contributed by atoms with Crippen molar-refractivity contribution in [3.63, 3.8) is 0 Å². The van der Waals surface area contributed by atoms with Gasteiger partial charge in [0.25, 0.3) is 11.8 Å². The molecule has 1 aromatic carbocycles. The number of piperidine rings is 1. The van der Waals surface area contributed by atoms with E-state index in [-0.39, 0.29) is 17.6 Å². The van der Waals surface area contributed by atoms with Crippen LogP contribution >= 0.6 is 15.9 Å². The minimum Gasteiger partial charge on any atom is -0.506 e. The average Bonchev–Trinajstić information content (AvgIpc) is 3.09. The Labute approximate surface area is 166 Å². The molecular weight excluding hydrogens is 412 g/mol. The number of phenolic OH excluding ortho intramolecular Hbond substituents is 1. The van der Waals surface area contributed by atoms with Crippen LogP contribution in [0.4, 0.5) is 0 Å². The number of benzene rings is 1. The lowest BCUT2D eigenvalue weighted by atomic mass is 9.96. The molecule has 2 heterocycles. The molecule has 7 nitrogen and oxygen atoms in total. The van der Waals surface area contributed by atoms with E-state index < -0.39 is 0 Å². The largest absolute Gasteiger partial charge is 0.506 e. The quantitative estimate of drug-likeness (QED) is 0.773. The van der Waals surface area contributed by atoms with E-state index >= 15 is 0 Å². The third kappa shape index (κ3) is 4.50. The molecule has 1 fully saturated rings. The standard InChI is InChI=1S/C19H23BrN4O3/c1-12-7-15(17(25)16(20)8-12)19(27)24-5-3-13(4-6-24)9-21-18(26)14-10-22-23(2)11-14/h7-8,10-11,13,25H,3-6,9H2,1-2H3,(H,21,26). The smallest absolute Gasteiger partial charge is 0.257 e. The van der Waals surface area contributed by atoms with Gasteiger partial charge in [-0.05, 0) is 59.3 Å².